The van der Waals surface area contributed by atoms with Gasteiger partial charge in [-0.05, 0) is 68.4 Å². The van der Waals surface area contributed by atoms with Crippen LogP contribution in [0.25, 0.3) is 16.5 Å². The van der Waals surface area contributed by atoms with Gasteiger partial charge in [-0.1, -0.05) is 37.3 Å². The van der Waals surface area contributed by atoms with Crippen LogP contribution in [-0.2, 0) is 16.9 Å². The minimum atomic E-state index is -0.301. The van der Waals surface area contributed by atoms with Gasteiger partial charge in [-0.2, -0.15) is 0 Å². The van der Waals surface area contributed by atoms with Crippen LogP contribution in [0.15, 0.2) is 54.7 Å². The molecular formula is C31H35N3O. The lowest BCUT2D eigenvalue weighted by atomic mass is 9.62. The van der Waals surface area contributed by atoms with Crippen LogP contribution in [0.5, 0.6) is 0 Å². The molecule has 180 valence electrons. The summed E-state index contributed by atoms with van der Waals surface area (Å²) in [6, 6.07) is 18.8. The molecule has 1 aromatic heterocycles. The number of piperidine rings is 1. The molecular weight excluding hydrogens is 430 g/mol. The van der Waals surface area contributed by atoms with Crippen LogP contribution in [0.2, 0.25) is 0 Å². The second-order valence-electron chi connectivity index (χ2n) is 11.7. The topological polar surface area (TPSA) is 20.6 Å². The summed E-state index contributed by atoms with van der Waals surface area (Å²) >= 11 is 0. The molecule has 8 rings (SSSR count). The Morgan fingerprint density at radius 2 is 1.77 bits per heavy atom. The lowest BCUT2D eigenvalue weighted by molar-refractivity contribution is -0.0643. The summed E-state index contributed by atoms with van der Waals surface area (Å²) in [7, 11) is 0. The van der Waals surface area contributed by atoms with Crippen molar-refractivity contribution in [2.45, 2.75) is 70.2 Å². The zero-order valence-electron chi connectivity index (χ0n) is 21.0. The van der Waals surface area contributed by atoms with Gasteiger partial charge in [-0.15, -0.1) is 0 Å². The van der Waals surface area contributed by atoms with Gasteiger partial charge in [0.1, 0.15) is 5.72 Å². The molecule has 35 heavy (non-hydrogen) atoms. The first kappa shape index (κ1) is 20.5. The number of para-hydroxylation sites is 1. The molecule has 0 unspecified atom stereocenters. The first-order valence-corrected chi connectivity index (χ1v) is 13.8. The van der Waals surface area contributed by atoms with Crippen molar-refractivity contribution in [1.29, 1.82) is 0 Å². The highest BCUT2D eigenvalue weighted by atomic mass is 16.5. The van der Waals surface area contributed by atoms with E-state index in [0.717, 1.165) is 25.8 Å². The van der Waals surface area contributed by atoms with Crippen molar-refractivity contribution < 1.29 is 4.74 Å². The molecule has 4 heteroatoms. The van der Waals surface area contributed by atoms with Crippen molar-refractivity contribution in [2.24, 2.45) is 5.41 Å². The number of rotatable bonds is 3. The number of nitrogens with zero attached hydrogens (tertiary/aromatic N) is 3. The van der Waals surface area contributed by atoms with Crippen LogP contribution in [0.4, 0.5) is 5.69 Å². The summed E-state index contributed by atoms with van der Waals surface area (Å²) < 4.78 is 9.83. The van der Waals surface area contributed by atoms with E-state index in [1.807, 2.05) is 0 Å². The number of hydrogen-bond acceptors (Lipinski definition) is 3. The Labute approximate surface area is 208 Å². The van der Waals surface area contributed by atoms with E-state index in [-0.39, 0.29) is 17.2 Å². The van der Waals surface area contributed by atoms with E-state index in [1.54, 1.807) is 5.56 Å². The summed E-state index contributed by atoms with van der Waals surface area (Å²) in [6.07, 6.45) is 9.93. The maximum absolute atomic E-state index is 7.23. The second kappa shape index (κ2) is 6.94. The summed E-state index contributed by atoms with van der Waals surface area (Å²) in [5, 5.41) is 1.44. The third-order valence-corrected chi connectivity index (χ3v) is 9.97. The van der Waals surface area contributed by atoms with Crippen LogP contribution >= 0.6 is 0 Å². The van der Waals surface area contributed by atoms with Crippen molar-refractivity contribution in [3.8, 4) is 0 Å². The quantitative estimate of drug-likeness (QED) is 0.443. The average molecular weight is 466 g/mol. The molecule has 5 aliphatic rings. The third-order valence-electron chi connectivity index (χ3n) is 9.97. The van der Waals surface area contributed by atoms with Gasteiger partial charge in [0.2, 0.25) is 0 Å². The smallest absolute Gasteiger partial charge is 0.143 e. The van der Waals surface area contributed by atoms with Crippen LogP contribution in [0.3, 0.4) is 0 Å². The molecule has 2 aromatic carbocycles. The zero-order chi connectivity index (χ0) is 23.4. The molecule has 2 saturated heterocycles. The molecule has 4 atom stereocenters. The summed E-state index contributed by atoms with van der Waals surface area (Å²) in [6.45, 7) is 8.22. The SMILES string of the molecule is CC[C@@]12C[C@@]3(C)O[C@@H]1C(c1ccc(N4CCCCC4)cc1)=CN1CCc4c(n3c3ccccc43)[C@@H]12. The maximum Gasteiger partial charge on any atom is 0.143 e. The molecule has 0 radical (unpaired) electrons. The molecule has 0 N–H and O–H groups in total. The van der Waals surface area contributed by atoms with Gasteiger partial charge in [-0.25, -0.2) is 0 Å². The largest absolute Gasteiger partial charge is 0.372 e. The summed E-state index contributed by atoms with van der Waals surface area (Å²) in [5.41, 5.74) is 8.36. The van der Waals surface area contributed by atoms with Crippen LogP contribution < -0.4 is 4.90 Å². The van der Waals surface area contributed by atoms with Crippen molar-refractivity contribution in [1.82, 2.24) is 9.47 Å². The predicted molar refractivity (Wildman–Crippen MR) is 141 cm³/mol. The van der Waals surface area contributed by atoms with E-state index < -0.39 is 0 Å². The molecule has 5 aliphatic heterocycles. The molecule has 6 heterocycles. The fourth-order valence-corrected chi connectivity index (χ4v) is 8.51. The number of anilines is 1. The van der Waals surface area contributed by atoms with Gasteiger partial charge in [0, 0.05) is 60.0 Å². The Hall–Kier alpha value is -2.72. The van der Waals surface area contributed by atoms with Gasteiger partial charge >= 0.3 is 0 Å². The Morgan fingerprint density at radius 1 is 0.971 bits per heavy atom. The normalized spacial score (nSPS) is 32.8. The lowest BCUT2D eigenvalue weighted by Gasteiger charge is -2.54. The number of benzene rings is 2. The monoisotopic (exact) mass is 465 g/mol. The van der Waals surface area contributed by atoms with Gasteiger partial charge < -0.3 is 19.1 Å². The standard InChI is InChI=1S/C31H35N3O/c1-3-31-20-30(2)34-26-10-6-5-9-23(26)24-15-18-33(28(31)27(24)34)19-25(29(31)35-30)21-11-13-22(14-12-21)32-16-7-4-8-17-32/h5-6,9-14,19,28-29H,3-4,7-8,15-18,20H2,1-2H3/t28-,29-,30-,31+/m1/s1. The molecule has 0 saturated carbocycles. The lowest BCUT2D eigenvalue weighted by Crippen LogP contribution is -2.53. The van der Waals surface area contributed by atoms with E-state index in [4.69, 9.17) is 4.74 Å². The van der Waals surface area contributed by atoms with E-state index in [0.29, 0.717) is 6.04 Å². The summed E-state index contributed by atoms with van der Waals surface area (Å²) in [4.78, 5) is 5.23. The van der Waals surface area contributed by atoms with E-state index >= 15 is 0 Å². The molecule has 3 aromatic rings. The molecule has 2 bridgehead atoms. The van der Waals surface area contributed by atoms with Gasteiger partial charge in [-0.3, -0.25) is 0 Å². The second-order valence-corrected chi connectivity index (χ2v) is 11.7. The number of fused-ring (bicyclic) bond motifs is 5. The van der Waals surface area contributed by atoms with Crippen LogP contribution in [0, 0.1) is 5.41 Å². The highest BCUT2D eigenvalue weighted by Crippen LogP contribution is 2.68. The Balaban J connectivity index is 1.28. The van der Waals surface area contributed by atoms with E-state index in [1.165, 1.54) is 65.8 Å². The van der Waals surface area contributed by atoms with Crippen LogP contribution in [-0.4, -0.2) is 35.2 Å². The van der Waals surface area contributed by atoms with Crippen molar-refractivity contribution in [2.75, 3.05) is 24.5 Å². The molecule has 2 fully saturated rings. The first-order valence-electron chi connectivity index (χ1n) is 13.8. The average Bonchev–Trinajstić information content (AvgIpc) is 3.40. The van der Waals surface area contributed by atoms with Crippen LogP contribution in [0.1, 0.15) is 68.8 Å². The highest BCUT2D eigenvalue weighted by Gasteiger charge is 2.67. The van der Waals surface area contributed by atoms with Gasteiger partial charge in [0.25, 0.3) is 0 Å². The number of hydrogen-bond donors (Lipinski definition) is 0. The molecule has 4 nitrogen and oxygen atoms in total. The highest BCUT2D eigenvalue weighted by molar-refractivity contribution is 5.87. The predicted octanol–water partition coefficient (Wildman–Crippen LogP) is 6.46. The zero-order valence-corrected chi connectivity index (χ0v) is 21.0. The third kappa shape index (κ3) is 2.51. The van der Waals surface area contributed by atoms with Gasteiger partial charge in [0.15, 0.2) is 0 Å². The fraction of sp³-hybridized carbons (Fsp3) is 0.484. The van der Waals surface area contributed by atoms with E-state index in [9.17, 15) is 0 Å². The number of aromatic nitrogens is 1. The molecule has 0 spiro atoms. The summed E-state index contributed by atoms with van der Waals surface area (Å²) in [5.74, 6) is 0. The van der Waals surface area contributed by atoms with E-state index in [2.05, 4.69) is 82.9 Å². The Morgan fingerprint density at radius 3 is 2.57 bits per heavy atom. The Bertz CT molecular complexity index is 1360. The first-order chi connectivity index (χ1) is 17.1. The number of ether oxygens (including phenoxy) is 1. The van der Waals surface area contributed by atoms with Crippen molar-refractivity contribution >= 4 is 22.2 Å². The van der Waals surface area contributed by atoms with Gasteiger partial charge in [0.05, 0.1) is 17.7 Å². The van der Waals surface area contributed by atoms with Crippen molar-refractivity contribution in [3.63, 3.8) is 0 Å². The minimum Gasteiger partial charge on any atom is -0.372 e. The van der Waals surface area contributed by atoms with Crippen molar-refractivity contribution in [3.05, 3.63) is 71.6 Å². The fourth-order valence-electron chi connectivity index (χ4n) is 8.51. The minimum absolute atomic E-state index is 0.115. The maximum atomic E-state index is 7.23. The Kier molecular flexibility index (Phi) is 4.06. The molecule has 0 amide bonds. The molecule has 0 aliphatic carbocycles.